The van der Waals surface area contributed by atoms with Crippen LogP contribution in [0, 0.1) is 6.92 Å². The van der Waals surface area contributed by atoms with Gasteiger partial charge < -0.3 is 10.1 Å². The third-order valence-electron chi connectivity index (χ3n) is 4.30. The van der Waals surface area contributed by atoms with Gasteiger partial charge in [-0.25, -0.2) is 0 Å². The first-order valence-electron chi connectivity index (χ1n) is 9.24. The molecule has 0 atom stereocenters. The highest BCUT2D eigenvalue weighted by molar-refractivity contribution is 7.99. The zero-order valence-electron chi connectivity index (χ0n) is 16.6. The minimum atomic E-state index is -0.0494. The maximum absolute atomic E-state index is 12.3. The number of rotatable bonds is 9. The van der Waals surface area contributed by atoms with Gasteiger partial charge in [0.05, 0.1) is 12.9 Å². The van der Waals surface area contributed by atoms with Crippen LogP contribution < -0.4 is 10.1 Å². The van der Waals surface area contributed by atoms with E-state index in [4.69, 9.17) is 4.74 Å². The largest absolute Gasteiger partial charge is 0.497 e. The Morgan fingerprint density at radius 2 is 2.03 bits per heavy atom. The number of hydrogen-bond donors (Lipinski definition) is 1. The number of allylic oxidation sites excluding steroid dienone is 1. The van der Waals surface area contributed by atoms with Gasteiger partial charge in [0.1, 0.15) is 5.75 Å². The minimum absolute atomic E-state index is 0.0494. The number of carbonyl (C=O) groups excluding carboxylic acids is 1. The van der Waals surface area contributed by atoms with Crippen molar-refractivity contribution in [2.75, 3.05) is 12.9 Å². The van der Waals surface area contributed by atoms with Crippen LogP contribution in [0.25, 0.3) is 11.4 Å². The Bertz CT molecular complexity index is 983. The van der Waals surface area contributed by atoms with Crippen molar-refractivity contribution in [3.63, 3.8) is 0 Å². The number of aromatic nitrogens is 3. The van der Waals surface area contributed by atoms with Crippen molar-refractivity contribution in [2.45, 2.75) is 25.2 Å². The molecule has 1 N–H and O–H groups in total. The smallest absolute Gasteiger partial charge is 0.230 e. The van der Waals surface area contributed by atoms with Gasteiger partial charge in [-0.15, -0.1) is 16.8 Å². The number of benzene rings is 2. The molecule has 150 valence electrons. The number of hydrogen-bond acceptors (Lipinski definition) is 5. The van der Waals surface area contributed by atoms with Crippen LogP contribution >= 0.6 is 11.8 Å². The summed E-state index contributed by atoms with van der Waals surface area (Å²) < 4.78 is 7.24. The molecule has 7 heteroatoms. The maximum Gasteiger partial charge on any atom is 0.230 e. The van der Waals surface area contributed by atoms with Crippen LogP contribution in [-0.4, -0.2) is 33.5 Å². The van der Waals surface area contributed by atoms with Gasteiger partial charge in [-0.05, 0) is 24.6 Å². The summed E-state index contributed by atoms with van der Waals surface area (Å²) >= 11 is 1.36. The quantitative estimate of drug-likeness (QED) is 0.430. The first kappa shape index (κ1) is 20.7. The zero-order chi connectivity index (χ0) is 20.6. The molecule has 0 saturated heterocycles. The van der Waals surface area contributed by atoms with Gasteiger partial charge in [0.2, 0.25) is 5.91 Å². The van der Waals surface area contributed by atoms with Crippen LogP contribution in [-0.2, 0) is 17.9 Å². The lowest BCUT2D eigenvalue weighted by molar-refractivity contribution is -0.118. The number of nitrogens with zero attached hydrogens (tertiary/aromatic N) is 3. The van der Waals surface area contributed by atoms with Crippen molar-refractivity contribution in [1.29, 1.82) is 0 Å². The summed E-state index contributed by atoms with van der Waals surface area (Å²) in [6, 6.07) is 15.8. The molecule has 0 aliphatic carbocycles. The molecule has 0 aliphatic rings. The summed E-state index contributed by atoms with van der Waals surface area (Å²) in [6.07, 6.45) is 1.79. The summed E-state index contributed by atoms with van der Waals surface area (Å²) in [4.78, 5) is 12.3. The van der Waals surface area contributed by atoms with Crippen LogP contribution in [0.2, 0.25) is 0 Å². The fraction of sp³-hybridized carbons (Fsp3) is 0.227. The Hall–Kier alpha value is -3.06. The predicted molar refractivity (Wildman–Crippen MR) is 116 cm³/mol. The summed E-state index contributed by atoms with van der Waals surface area (Å²) in [5.41, 5.74) is 3.17. The highest BCUT2D eigenvalue weighted by Crippen LogP contribution is 2.26. The standard InChI is InChI=1S/C22H24N4O2S/c1-4-12-26-21(18-6-5-7-19(13-18)28-3)24-25-22(26)29-15-20(27)23-14-17-10-8-16(2)9-11-17/h4-11,13H,1,12,14-15H2,2-3H3,(H,23,27). The molecule has 0 unspecified atom stereocenters. The number of ether oxygens (including phenoxy) is 1. The molecular weight excluding hydrogens is 384 g/mol. The third kappa shape index (κ3) is 5.48. The molecule has 0 aliphatic heterocycles. The first-order valence-corrected chi connectivity index (χ1v) is 10.2. The second-order valence-electron chi connectivity index (χ2n) is 6.49. The van der Waals surface area contributed by atoms with Crippen molar-refractivity contribution >= 4 is 17.7 Å². The number of nitrogens with one attached hydrogen (secondary N) is 1. The van der Waals surface area contributed by atoms with Crippen molar-refractivity contribution in [3.05, 3.63) is 72.3 Å². The Morgan fingerprint density at radius 3 is 2.76 bits per heavy atom. The van der Waals surface area contributed by atoms with Crippen LogP contribution in [0.5, 0.6) is 5.75 Å². The lowest BCUT2D eigenvalue weighted by Crippen LogP contribution is -2.24. The number of amides is 1. The summed E-state index contributed by atoms with van der Waals surface area (Å²) in [5.74, 6) is 1.68. The van der Waals surface area contributed by atoms with Gasteiger partial charge in [0.25, 0.3) is 0 Å². The number of aryl methyl sites for hydroxylation is 1. The normalized spacial score (nSPS) is 10.6. The Morgan fingerprint density at radius 1 is 1.24 bits per heavy atom. The second kappa shape index (κ2) is 9.93. The summed E-state index contributed by atoms with van der Waals surface area (Å²) in [6.45, 7) is 6.92. The molecule has 3 rings (SSSR count). The average Bonchev–Trinajstić information content (AvgIpc) is 3.14. The molecule has 3 aromatic rings. The van der Waals surface area contributed by atoms with Gasteiger partial charge in [0, 0.05) is 18.7 Å². The van der Waals surface area contributed by atoms with Crippen molar-refractivity contribution in [2.24, 2.45) is 0 Å². The lowest BCUT2D eigenvalue weighted by atomic mass is 10.1. The SMILES string of the molecule is C=CCn1c(SCC(=O)NCc2ccc(C)cc2)nnc1-c1cccc(OC)c1. The van der Waals surface area contributed by atoms with Gasteiger partial charge in [-0.3, -0.25) is 9.36 Å². The van der Waals surface area contributed by atoms with E-state index in [0.717, 1.165) is 16.9 Å². The Balaban J connectivity index is 1.65. The van der Waals surface area contributed by atoms with E-state index in [9.17, 15) is 4.79 Å². The van der Waals surface area contributed by atoms with E-state index >= 15 is 0 Å². The lowest BCUT2D eigenvalue weighted by Gasteiger charge is -2.09. The second-order valence-corrected chi connectivity index (χ2v) is 7.43. The van der Waals surface area contributed by atoms with Gasteiger partial charge in [0.15, 0.2) is 11.0 Å². The van der Waals surface area contributed by atoms with Gasteiger partial charge in [-0.2, -0.15) is 0 Å². The zero-order valence-corrected chi connectivity index (χ0v) is 17.4. The Kier molecular flexibility index (Phi) is 7.08. The van der Waals surface area contributed by atoms with E-state index in [1.807, 2.05) is 60.0 Å². The van der Waals surface area contributed by atoms with Crippen molar-refractivity contribution in [1.82, 2.24) is 20.1 Å². The number of thioether (sulfide) groups is 1. The third-order valence-corrected chi connectivity index (χ3v) is 5.27. The van der Waals surface area contributed by atoms with Gasteiger partial charge in [-0.1, -0.05) is 59.8 Å². The van der Waals surface area contributed by atoms with Crippen LogP contribution in [0.3, 0.4) is 0 Å². The summed E-state index contributed by atoms with van der Waals surface area (Å²) in [7, 11) is 1.63. The average molecular weight is 409 g/mol. The fourth-order valence-corrected chi connectivity index (χ4v) is 3.53. The van der Waals surface area contributed by atoms with E-state index in [1.54, 1.807) is 13.2 Å². The molecule has 6 nitrogen and oxygen atoms in total. The highest BCUT2D eigenvalue weighted by atomic mass is 32.2. The number of methoxy groups -OCH3 is 1. The fourth-order valence-electron chi connectivity index (χ4n) is 2.75. The molecule has 1 amide bonds. The molecule has 1 aromatic heterocycles. The van der Waals surface area contributed by atoms with Crippen molar-refractivity contribution in [3.8, 4) is 17.1 Å². The monoisotopic (exact) mass is 408 g/mol. The molecule has 0 radical (unpaired) electrons. The van der Waals surface area contributed by atoms with Crippen molar-refractivity contribution < 1.29 is 9.53 Å². The molecule has 1 heterocycles. The minimum Gasteiger partial charge on any atom is -0.497 e. The van der Waals surface area contributed by atoms with Gasteiger partial charge >= 0.3 is 0 Å². The summed E-state index contributed by atoms with van der Waals surface area (Å²) in [5, 5.41) is 12.2. The van der Waals surface area contributed by atoms with Crippen LogP contribution in [0.15, 0.2) is 66.3 Å². The molecule has 2 aromatic carbocycles. The highest BCUT2D eigenvalue weighted by Gasteiger charge is 2.15. The molecule has 0 spiro atoms. The van der Waals surface area contributed by atoms with E-state index in [0.29, 0.717) is 24.1 Å². The maximum atomic E-state index is 12.3. The van der Waals surface area contributed by atoms with Crippen LogP contribution in [0.4, 0.5) is 0 Å². The number of carbonyl (C=O) groups is 1. The first-order chi connectivity index (χ1) is 14.1. The topological polar surface area (TPSA) is 69.0 Å². The van der Waals surface area contributed by atoms with E-state index in [-0.39, 0.29) is 11.7 Å². The molecule has 29 heavy (non-hydrogen) atoms. The predicted octanol–water partition coefficient (Wildman–Crippen LogP) is 3.86. The molecule has 0 bridgehead atoms. The van der Waals surface area contributed by atoms with E-state index < -0.39 is 0 Å². The van der Waals surface area contributed by atoms with Crippen LogP contribution in [0.1, 0.15) is 11.1 Å². The van der Waals surface area contributed by atoms with E-state index in [2.05, 4.69) is 22.1 Å². The molecular formula is C22H24N4O2S. The molecule has 0 fully saturated rings. The molecule has 0 saturated carbocycles. The van der Waals surface area contributed by atoms with E-state index in [1.165, 1.54) is 17.3 Å². The Labute approximate surface area is 175 Å².